The predicted octanol–water partition coefficient (Wildman–Crippen LogP) is 4.12. The molecule has 0 aliphatic rings. The van der Waals surface area contributed by atoms with Crippen LogP contribution in [-0.4, -0.2) is 13.2 Å². The molecule has 0 aliphatic heterocycles. The van der Waals surface area contributed by atoms with Crippen LogP contribution in [0, 0.1) is 5.82 Å². The Morgan fingerprint density at radius 3 is 2.43 bits per heavy atom. The molecule has 0 saturated carbocycles. The minimum atomic E-state index is -0.235. The zero-order valence-corrected chi connectivity index (χ0v) is 12.8. The molecule has 0 amide bonds. The van der Waals surface area contributed by atoms with E-state index in [4.69, 9.17) is 4.74 Å². The van der Waals surface area contributed by atoms with Crippen molar-refractivity contribution < 1.29 is 9.13 Å². The van der Waals surface area contributed by atoms with E-state index < -0.39 is 0 Å². The lowest BCUT2D eigenvalue weighted by molar-refractivity contribution is 0.386. The highest BCUT2D eigenvalue weighted by Gasteiger charge is 2.18. The Morgan fingerprint density at radius 2 is 1.76 bits per heavy atom. The molecule has 0 spiro atoms. The highest BCUT2D eigenvalue weighted by Crippen LogP contribution is 2.28. The van der Waals surface area contributed by atoms with Crippen LogP contribution in [0.2, 0.25) is 0 Å². The number of halogens is 1. The summed E-state index contributed by atoms with van der Waals surface area (Å²) in [7, 11) is 1.57. The summed E-state index contributed by atoms with van der Waals surface area (Å²) in [5, 5.41) is 3.44. The number of hydrogen-bond donors (Lipinski definition) is 1. The normalized spacial score (nSPS) is 13.7. The molecule has 3 heteroatoms. The van der Waals surface area contributed by atoms with Gasteiger partial charge in [-0.05, 0) is 38.0 Å². The Kier molecular flexibility index (Phi) is 5.34. The quantitative estimate of drug-likeness (QED) is 0.863. The van der Waals surface area contributed by atoms with Gasteiger partial charge in [0.25, 0.3) is 0 Å². The van der Waals surface area contributed by atoms with E-state index in [1.807, 2.05) is 25.1 Å². The molecule has 112 valence electrons. The molecule has 2 rings (SSSR count). The molecule has 0 radical (unpaired) electrons. The number of methoxy groups -OCH3 is 1. The van der Waals surface area contributed by atoms with Crippen LogP contribution in [-0.2, 0) is 6.42 Å². The lowest BCUT2D eigenvalue weighted by Gasteiger charge is -2.22. The fourth-order valence-corrected chi connectivity index (χ4v) is 2.65. The molecule has 2 aromatic carbocycles. The lowest BCUT2D eigenvalue weighted by Crippen LogP contribution is -2.31. The Labute approximate surface area is 126 Å². The van der Waals surface area contributed by atoms with Gasteiger partial charge in [0.15, 0.2) is 0 Å². The summed E-state index contributed by atoms with van der Waals surface area (Å²) in [6.07, 6.45) is 0.905. The number of benzene rings is 2. The highest BCUT2D eigenvalue weighted by molar-refractivity contribution is 5.37. The summed E-state index contributed by atoms with van der Waals surface area (Å²) in [4.78, 5) is 0. The molecule has 0 fully saturated rings. The van der Waals surface area contributed by atoms with Gasteiger partial charge in [0.05, 0.1) is 7.11 Å². The lowest BCUT2D eigenvalue weighted by atomic mass is 10.0. The third-order valence-corrected chi connectivity index (χ3v) is 3.59. The van der Waals surface area contributed by atoms with Crippen molar-refractivity contribution >= 4 is 0 Å². The highest BCUT2D eigenvalue weighted by atomic mass is 19.1. The molecule has 0 aliphatic carbocycles. The summed E-state index contributed by atoms with van der Waals surface area (Å²) in [6, 6.07) is 15.3. The average Bonchev–Trinajstić information content (AvgIpc) is 2.47. The third-order valence-electron chi connectivity index (χ3n) is 3.59. The van der Waals surface area contributed by atoms with Gasteiger partial charge in [-0.2, -0.15) is 0 Å². The first kappa shape index (κ1) is 15.5. The predicted molar refractivity (Wildman–Crippen MR) is 84.1 cm³/mol. The number of ether oxygens (including phenoxy) is 1. The first-order valence-electron chi connectivity index (χ1n) is 7.24. The number of hydrogen-bond acceptors (Lipinski definition) is 2. The topological polar surface area (TPSA) is 21.3 Å². The van der Waals surface area contributed by atoms with Crippen LogP contribution in [0.5, 0.6) is 5.75 Å². The van der Waals surface area contributed by atoms with Gasteiger partial charge < -0.3 is 10.1 Å². The molecule has 21 heavy (non-hydrogen) atoms. The van der Waals surface area contributed by atoms with Crippen LogP contribution in [0.15, 0.2) is 48.5 Å². The third kappa shape index (κ3) is 4.05. The second-order valence-corrected chi connectivity index (χ2v) is 5.33. The molecular formula is C18H22FNO. The summed E-state index contributed by atoms with van der Waals surface area (Å²) < 4.78 is 19.3. The summed E-state index contributed by atoms with van der Waals surface area (Å²) in [5.74, 6) is 0.350. The molecule has 0 bridgehead atoms. The molecule has 0 saturated heterocycles. The SMILES string of the molecule is COc1cccc(F)c1C(C)NC(C)Cc1ccccc1. The van der Waals surface area contributed by atoms with Gasteiger partial charge in [-0.25, -0.2) is 4.39 Å². The Hall–Kier alpha value is -1.87. The molecule has 0 aromatic heterocycles. The first-order chi connectivity index (χ1) is 10.1. The fraction of sp³-hybridized carbons (Fsp3) is 0.333. The van der Waals surface area contributed by atoms with Gasteiger partial charge in [0.1, 0.15) is 11.6 Å². The van der Waals surface area contributed by atoms with E-state index in [1.165, 1.54) is 11.6 Å². The second-order valence-electron chi connectivity index (χ2n) is 5.33. The summed E-state index contributed by atoms with van der Waals surface area (Å²) in [6.45, 7) is 4.07. The number of nitrogens with one attached hydrogen (secondary N) is 1. The smallest absolute Gasteiger partial charge is 0.131 e. The maximum Gasteiger partial charge on any atom is 0.131 e. The number of rotatable bonds is 6. The van der Waals surface area contributed by atoms with Gasteiger partial charge in [-0.1, -0.05) is 36.4 Å². The van der Waals surface area contributed by atoms with Crippen LogP contribution < -0.4 is 10.1 Å². The van der Waals surface area contributed by atoms with E-state index in [-0.39, 0.29) is 17.9 Å². The molecule has 2 unspecified atom stereocenters. The molecular weight excluding hydrogens is 265 g/mol. The van der Waals surface area contributed by atoms with Crippen molar-refractivity contribution in [2.45, 2.75) is 32.4 Å². The Bertz CT molecular complexity index is 571. The van der Waals surface area contributed by atoms with E-state index in [2.05, 4.69) is 24.4 Å². The average molecular weight is 287 g/mol. The maximum absolute atomic E-state index is 14.0. The van der Waals surface area contributed by atoms with Gasteiger partial charge >= 0.3 is 0 Å². The van der Waals surface area contributed by atoms with E-state index in [1.54, 1.807) is 19.2 Å². The molecule has 2 atom stereocenters. The van der Waals surface area contributed by atoms with Crippen LogP contribution in [0.1, 0.15) is 31.0 Å². The monoisotopic (exact) mass is 287 g/mol. The van der Waals surface area contributed by atoms with Crippen molar-refractivity contribution in [1.82, 2.24) is 5.32 Å². The molecule has 1 N–H and O–H groups in total. The van der Waals surface area contributed by atoms with Crippen molar-refractivity contribution in [1.29, 1.82) is 0 Å². The minimum Gasteiger partial charge on any atom is -0.496 e. The van der Waals surface area contributed by atoms with Crippen LogP contribution in [0.25, 0.3) is 0 Å². The first-order valence-corrected chi connectivity index (χ1v) is 7.24. The molecule has 0 heterocycles. The van der Waals surface area contributed by atoms with Crippen molar-refractivity contribution in [2.75, 3.05) is 7.11 Å². The van der Waals surface area contributed by atoms with Gasteiger partial charge in [-0.15, -0.1) is 0 Å². The van der Waals surface area contributed by atoms with Crippen molar-refractivity contribution in [2.24, 2.45) is 0 Å². The largest absolute Gasteiger partial charge is 0.496 e. The fourth-order valence-electron chi connectivity index (χ4n) is 2.65. The zero-order valence-electron chi connectivity index (χ0n) is 12.8. The van der Waals surface area contributed by atoms with Crippen LogP contribution in [0.4, 0.5) is 4.39 Å². The van der Waals surface area contributed by atoms with Gasteiger partial charge in [-0.3, -0.25) is 0 Å². The van der Waals surface area contributed by atoms with Gasteiger partial charge in [0.2, 0.25) is 0 Å². The van der Waals surface area contributed by atoms with E-state index in [9.17, 15) is 4.39 Å². The standard InChI is InChI=1S/C18H22FNO/c1-13(12-15-8-5-4-6-9-15)20-14(2)18-16(19)10-7-11-17(18)21-3/h4-11,13-14,20H,12H2,1-3H3. The summed E-state index contributed by atoms with van der Waals surface area (Å²) in [5.41, 5.74) is 1.85. The van der Waals surface area contributed by atoms with E-state index >= 15 is 0 Å². The van der Waals surface area contributed by atoms with Gasteiger partial charge in [0, 0.05) is 17.6 Å². The Balaban J connectivity index is 2.06. The van der Waals surface area contributed by atoms with E-state index in [0.29, 0.717) is 11.3 Å². The van der Waals surface area contributed by atoms with Crippen LogP contribution in [0.3, 0.4) is 0 Å². The van der Waals surface area contributed by atoms with Crippen molar-refractivity contribution in [3.05, 3.63) is 65.5 Å². The van der Waals surface area contributed by atoms with Crippen molar-refractivity contribution in [3.8, 4) is 5.75 Å². The van der Waals surface area contributed by atoms with Crippen LogP contribution >= 0.6 is 0 Å². The summed E-state index contributed by atoms with van der Waals surface area (Å²) >= 11 is 0. The second kappa shape index (κ2) is 7.23. The van der Waals surface area contributed by atoms with Crippen molar-refractivity contribution in [3.63, 3.8) is 0 Å². The molecule has 2 nitrogen and oxygen atoms in total. The van der Waals surface area contributed by atoms with E-state index in [0.717, 1.165) is 6.42 Å². The Morgan fingerprint density at radius 1 is 1.05 bits per heavy atom. The zero-order chi connectivity index (χ0) is 15.2. The molecule has 2 aromatic rings. The minimum absolute atomic E-state index is 0.111. The maximum atomic E-state index is 14.0.